The summed E-state index contributed by atoms with van der Waals surface area (Å²) >= 11 is 6.07. The molecule has 0 saturated heterocycles. The maximum atomic E-state index is 6.07. The third kappa shape index (κ3) is 6.15. The average Bonchev–Trinajstić information content (AvgIpc) is 2.46. The second-order valence-corrected chi connectivity index (χ2v) is 5.75. The predicted octanol–water partition coefficient (Wildman–Crippen LogP) is 5.36. The lowest BCUT2D eigenvalue weighted by atomic mass is 10.1. The number of halogens is 1. The van der Waals surface area contributed by atoms with E-state index in [9.17, 15) is 0 Å². The zero-order valence-corrected chi connectivity index (χ0v) is 13.8. The van der Waals surface area contributed by atoms with E-state index in [1.807, 2.05) is 25.2 Å². The lowest BCUT2D eigenvalue weighted by Gasteiger charge is -2.17. The highest BCUT2D eigenvalue weighted by Gasteiger charge is 2.10. The van der Waals surface area contributed by atoms with E-state index in [1.54, 1.807) is 0 Å². The normalized spacial score (nSPS) is 12.4. The van der Waals surface area contributed by atoms with Gasteiger partial charge in [-0.05, 0) is 38.6 Å². The Morgan fingerprint density at radius 3 is 2.55 bits per heavy atom. The summed E-state index contributed by atoms with van der Waals surface area (Å²) in [6, 6.07) is 6.10. The maximum absolute atomic E-state index is 6.07. The van der Waals surface area contributed by atoms with Gasteiger partial charge in [0, 0.05) is 16.6 Å². The van der Waals surface area contributed by atoms with Gasteiger partial charge in [-0.15, -0.1) is 0 Å². The van der Waals surface area contributed by atoms with Crippen LogP contribution in [0.5, 0.6) is 5.75 Å². The molecule has 0 aliphatic rings. The molecule has 0 spiro atoms. The summed E-state index contributed by atoms with van der Waals surface area (Å²) in [6.45, 7) is 5.15. The van der Waals surface area contributed by atoms with Crippen LogP contribution in [-0.4, -0.2) is 13.7 Å². The van der Waals surface area contributed by atoms with Gasteiger partial charge in [0.1, 0.15) is 5.75 Å². The van der Waals surface area contributed by atoms with Crippen LogP contribution in [0.3, 0.4) is 0 Å². The summed E-state index contributed by atoms with van der Waals surface area (Å²) < 4.78 is 5.92. The second kappa shape index (κ2) is 10.1. The van der Waals surface area contributed by atoms with Crippen LogP contribution in [0.15, 0.2) is 18.2 Å². The van der Waals surface area contributed by atoms with Crippen molar-refractivity contribution < 1.29 is 4.74 Å². The Bertz CT molecular complexity index is 381. The Hall–Kier alpha value is -0.730. The molecular weight excluding hydrogens is 270 g/mol. The minimum Gasteiger partial charge on any atom is -0.493 e. The van der Waals surface area contributed by atoms with E-state index in [-0.39, 0.29) is 6.04 Å². The van der Waals surface area contributed by atoms with Crippen molar-refractivity contribution >= 4 is 11.6 Å². The molecule has 0 aliphatic carbocycles. The van der Waals surface area contributed by atoms with Gasteiger partial charge >= 0.3 is 0 Å². The molecule has 0 amide bonds. The Labute approximate surface area is 128 Å². The molecule has 1 unspecified atom stereocenters. The monoisotopic (exact) mass is 297 g/mol. The molecule has 0 aliphatic heterocycles. The van der Waals surface area contributed by atoms with Gasteiger partial charge in [0.15, 0.2) is 0 Å². The second-order valence-electron chi connectivity index (χ2n) is 5.31. The van der Waals surface area contributed by atoms with E-state index < -0.39 is 0 Å². The Kier molecular flexibility index (Phi) is 8.72. The van der Waals surface area contributed by atoms with Crippen molar-refractivity contribution in [2.24, 2.45) is 0 Å². The van der Waals surface area contributed by atoms with Crippen LogP contribution >= 0.6 is 11.6 Å². The molecule has 1 aromatic carbocycles. The number of nitrogens with one attached hydrogen (secondary N) is 1. The van der Waals surface area contributed by atoms with Crippen molar-refractivity contribution in [1.29, 1.82) is 0 Å². The van der Waals surface area contributed by atoms with Crippen molar-refractivity contribution in [2.45, 2.75) is 58.4 Å². The zero-order valence-electron chi connectivity index (χ0n) is 13.0. The van der Waals surface area contributed by atoms with Crippen molar-refractivity contribution in [1.82, 2.24) is 5.32 Å². The fraction of sp³-hybridized carbons (Fsp3) is 0.647. The van der Waals surface area contributed by atoms with Crippen molar-refractivity contribution in [3.05, 3.63) is 28.8 Å². The number of rotatable bonds is 10. The first kappa shape index (κ1) is 17.3. The number of unbranched alkanes of at least 4 members (excludes halogenated alkanes) is 5. The van der Waals surface area contributed by atoms with Crippen LogP contribution in [0.1, 0.15) is 64.0 Å². The van der Waals surface area contributed by atoms with E-state index >= 15 is 0 Å². The average molecular weight is 298 g/mol. The van der Waals surface area contributed by atoms with Crippen molar-refractivity contribution in [2.75, 3.05) is 13.7 Å². The molecule has 0 bridgehead atoms. The van der Waals surface area contributed by atoms with Gasteiger partial charge < -0.3 is 10.1 Å². The van der Waals surface area contributed by atoms with E-state index in [0.29, 0.717) is 0 Å². The van der Waals surface area contributed by atoms with Crippen LogP contribution < -0.4 is 10.1 Å². The molecule has 0 radical (unpaired) electrons. The van der Waals surface area contributed by atoms with Crippen molar-refractivity contribution in [3.63, 3.8) is 0 Å². The molecule has 114 valence electrons. The maximum Gasteiger partial charge on any atom is 0.124 e. The molecule has 1 N–H and O–H groups in total. The molecule has 0 heterocycles. The lowest BCUT2D eigenvalue weighted by Crippen LogP contribution is -2.14. The van der Waals surface area contributed by atoms with Crippen LogP contribution in [-0.2, 0) is 0 Å². The minimum absolute atomic E-state index is 0.244. The van der Waals surface area contributed by atoms with Crippen LogP contribution in [0.4, 0.5) is 0 Å². The molecule has 1 rings (SSSR count). The predicted molar refractivity (Wildman–Crippen MR) is 87.8 cm³/mol. The summed E-state index contributed by atoms with van der Waals surface area (Å²) in [4.78, 5) is 0. The summed E-state index contributed by atoms with van der Waals surface area (Å²) in [5.74, 6) is 0.949. The van der Waals surface area contributed by atoms with Gasteiger partial charge in [-0.25, -0.2) is 0 Å². The molecule has 0 saturated carbocycles. The largest absolute Gasteiger partial charge is 0.493 e. The molecule has 2 nitrogen and oxygen atoms in total. The van der Waals surface area contributed by atoms with E-state index in [4.69, 9.17) is 16.3 Å². The van der Waals surface area contributed by atoms with Crippen LogP contribution in [0.25, 0.3) is 0 Å². The zero-order chi connectivity index (χ0) is 14.8. The third-order valence-corrected chi connectivity index (χ3v) is 3.86. The summed E-state index contributed by atoms with van der Waals surface area (Å²) in [6.07, 6.45) is 7.69. The van der Waals surface area contributed by atoms with Gasteiger partial charge in [-0.3, -0.25) is 0 Å². The van der Waals surface area contributed by atoms with Crippen molar-refractivity contribution in [3.8, 4) is 5.75 Å². The highest BCUT2D eigenvalue weighted by molar-refractivity contribution is 6.30. The van der Waals surface area contributed by atoms with Gasteiger partial charge in [0.25, 0.3) is 0 Å². The molecular formula is C17H28ClNO. The quantitative estimate of drug-likeness (QED) is 0.587. The smallest absolute Gasteiger partial charge is 0.124 e. The molecule has 3 heteroatoms. The van der Waals surface area contributed by atoms with E-state index in [0.717, 1.165) is 29.4 Å². The molecule has 1 atom stereocenters. The molecule has 20 heavy (non-hydrogen) atoms. The van der Waals surface area contributed by atoms with Gasteiger partial charge in [0.2, 0.25) is 0 Å². The van der Waals surface area contributed by atoms with E-state index in [2.05, 4.69) is 19.2 Å². The topological polar surface area (TPSA) is 21.3 Å². The van der Waals surface area contributed by atoms with Gasteiger partial charge in [-0.2, -0.15) is 0 Å². The number of ether oxygens (including phenoxy) is 1. The molecule has 0 fully saturated rings. The summed E-state index contributed by atoms with van der Waals surface area (Å²) in [5, 5.41) is 3.99. The minimum atomic E-state index is 0.244. The first-order chi connectivity index (χ1) is 9.69. The Balaban J connectivity index is 2.39. The molecule has 0 aromatic heterocycles. The van der Waals surface area contributed by atoms with E-state index in [1.165, 1.54) is 32.1 Å². The highest BCUT2D eigenvalue weighted by Crippen LogP contribution is 2.28. The number of hydrogen-bond acceptors (Lipinski definition) is 2. The van der Waals surface area contributed by atoms with Crippen LogP contribution in [0, 0.1) is 0 Å². The third-order valence-electron chi connectivity index (χ3n) is 3.63. The molecule has 1 aromatic rings. The first-order valence-electron chi connectivity index (χ1n) is 7.78. The fourth-order valence-corrected chi connectivity index (χ4v) is 2.39. The first-order valence-corrected chi connectivity index (χ1v) is 8.16. The standard InChI is InChI=1S/C17H28ClNO/c1-4-5-6-7-8-9-12-20-17-11-10-15(18)13-16(17)14(2)19-3/h10-11,13-14,19H,4-9,12H2,1-3H3. The summed E-state index contributed by atoms with van der Waals surface area (Å²) in [7, 11) is 1.95. The summed E-state index contributed by atoms with van der Waals surface area (Å²) in [5.41, 5.74) is 1.13. The highest BCUT2D eigenvalue weighted by atomic mass is 35.5. The SMILES string of the molecule is CCCCCCCCOc1ccc(Cl)cc1C(C)NC. The number of benzene rings is 1. The Morgan fingerprint density at radius 1 is 1.15 bits per heavy atom. The van der Waals surface area contributed by atoms with Crippen LogP contribution in [0.2, 0.25) is 5.02 Å². The fourth-order valence-electron chi connectivity index (χ4n) is 2.21. The van der Waals surface area contributed by atoms with Gasteiger partial charge in [0.05, 0.1) is 6.61 Å². The Morgan fingerprint density at radius 2 is 1.85 bits per heavy atom. The van der Waals surface area contributed by atoms with Gasteiger partial charge in [-0.1, -0.05) is 50.6 Å². The lowest BCUT2D eigenvalue weighted by molar-refractivity contribution is 0.299. The number of hydrogen-bond donors (Lipinski definition) is 1.